The predicted octanol–water partition coefficient (Wildman–Crippen LogP) is 2.64. The third-order valence-corrected chi connectivity index (χ3v) is 4.49. The summed E-state index contributed by atoms with van der Waals surface area (Å²) in [5.74, 6) is 0. The predicted molar refractivity (Wildman–Crippen MR) is 95.2 cm³/mol. The second-order valence-electron chi connectivity index (χ2n) is 5.94. The first-order valence-electron chi connectivity index (χ1n) is 8.04. The monoisotopic (exact) mass is 341 g/mol. The van der Waals surface area contributed by atoms with Crippen molar-refractivity contribution in [1.82, 2.24) is 9.97 Å². The molecule has 4 aromatic rings. The van der Waals surface area contributed by atoms with Gasteiger partial charge in [-0.2, -0.15) is 0 Å². The second-order valence-corrected chi connectivity index (χ2v) is 5.94. The van der Waals surface area contributed by atoms with E-state index in [1.165, 1.54) is 6.07 Å². The van der Waals surface area contributed by atoms with Gasteiger partial charge in [-0.25, -0.2) is 0 Å². The summed E-state index contributed by atoms with van der Waals surface area (Å²) < 4.78 is 0. The van der Waals surface area contributed by atoms with Gasteiger partial charge in [0.2, 0.25) is 0 Å². The van der Waals surface area contributed by atoms with Crippen LogP contribution in [0.1, 0.15) is 11.7 Å². The van der Waals surface area contributed by atoms with Crippen molar-refractivity contribution < 1.29 is 4.92 Å². The molecule has 0 N–H and O–H groups in total. The number of nitro groups is 1. The highest BCUT2D eigenvalue weighted by molar-refractivity contribution is 6.02. The number of nitrogens with zero attached hydrogens (tertiary/aromatic N) is 5. The van der Waals surface area contributed by atoms with E-state index in [1.807, 2.05) is 24.3 Å². The molecule has 2 aromatic heterocycles. The van der Waals surface area contributed by atoms with Crippen molar-refractivity contribution in [3.63, 3.8) is 0 Å². The van der Waals surface area contributed by atoms with Crippen LogP contribution >= 0.6 is 0 Å². The highest BCUT2D eigenvalue weighted by Gasteiger charge is 2.24. The van der Waals surface area contributed by atoms with E-state index in [2.05, 4.69) is 9.97 Å². The highest BCUT2D eigenvalue weighted by atomic mass is 16.6. The summed E-state index contributed by atoms with van der Waals surface area (Å²) in [6.45, 7) is 0. The van der Waals surface area contributed by atoms with Crippen LogP contribution in [0.4, 0.5) is 5.69 Å². The van der Waals surface area contributed by atoms with Crippen molar-refractivity contribution in [2.45, 2.75) is 6.17 Å². The average molecular weight is 341 g/mol. The minimum atomic E-state index is -0.652. The Morgan fingerprint density at radius 3 is 1.96 bits per heavy atom. The molecule has 0 atom stereocenters. The SMILES string of the molecule is O=[N+]([O-])c1ccccc1C1N=c2c(c3cccnc3c3ncccc23)=N1. The van der Waals surface area contributed by atoms with Gasteiger partial charge in [-0.05, 0) is 30.3 Å². The number of hydrogen-bond donors (Lipinski definition) is 0. The quantitative estimate of drug-likeness (QED) is 0.318. The van der Waals surface area contributed by atoms with Gasteiger partial charge in [0.15, 0.2) is 6.17 Å². The number of para-hydroxylation sites is 1. The lowest BCUT2D eigenvalue weighted by molar-refractivity contribution is -0.385. The molecule has 0 amide bonds. The molecular weight excluding hydrogens is 330 g/mol. The summed E-state index contributed by atoms with van der Waals surface area (Å²) in [5.41, 5.74) is 2.00. The number of aromatic nitrogens is 2. The van der Waals surface area contributed by atoms with Gasteiger partial charge in [-0.15, -0.1) is 0 Å². The lowest BCUT2D eigenvalue weighted by atomic mass is 10.1. The van der Waals surface area contributed by atoms with E-state index in [4.69, 9.17) is 9.98 Å². The van der Waals surface area contributed by atoms with Gasteiger partial charge in [0.25, 0.3) is 5.69 Å². The molecule has 7 nitrogen and oxygen atoms in total. The Kier molecular flexibility index (Phi) is 3.02. The molecule has 5 rings (SSSR count). The Morgan fingerprint density at radius 1 is 0.808 bits per heavy atom. The molecule has 3 heterocycles. The third kappa shape index (κ3) is 2.00. The fourth-order valence-corrected chi connectivity index (χ4v) is 3.37. The molecule has 0 unspecified atom stereocenters. The zero-order valence-electron chi connectivity index (χ0n) is 13.4. The molecule has 26 heavy (non-hydrogen) atoms. The number of fused-ring (bicyclic) bond motifs is 6. The van der Waals surface area contributed by atoms with Crippen LogP contribution < -0.4 is 10.7 Å². The van der Waals surface area contributed by atoms with E-state index >= 15 is 0 Å². The van der Waals surface area contributed by atoms with Gasteiger partial charge in [0.1, 0.15) is 0 Å². The maximum absolute atomic E-state index is 11.4. The van der Waals surface area contributed by atoms with Crippen LogP contribution in [0.5, 0.6) is 0 Å². The van der Waals surface area contributed by atoms with Gasteiger partial charge in [0, 0.05) is 29.2 Å². The van der Waals surface area contributed by atoms with E-state index in [9.17, 15) is 10.1 Å². The van der Waals surface area contributed by atoms with Crippen molar-refractivity contribution in [2.75, 3.05) is 0 Å². The summed E-state index contributed by atoms with van der Waals surface area (Å²) in [4.78, 5) is 29.3. The van der Waals surface area contributed by atoms with Gasteiger partial charge in [0.05, 0.1) is 32.2 Å². The largest absolute Gasteiger partial charge is 0.276 e. The van der Waals surface area contributed by atoms with E-state index in [-0.39, 0.29) is 5.69 Å². The first kappa shape index (κ1) is 14.6. The fraction of sp³-hybridized carbons (Fsp3) is 0.0526. The standard InChI is InChI=1S/C19H11N5O2/c25-24(26)14-8-2-1-5-11(14)19-22-17-12-6-3-9-20-15(12)16-13(18(17)23-19)7-4-10-21-16/h1-10,19H. The number of hydrogen-bond acceptors (Lipinski definition) is 6. The van der Waals surface area contributed by atoms with Crippen LogP contribution in [0, 0.1) is 10.1 Å². The highest BCUT2D eigenvalue weighted by Crippen LogP contribution is 2.29. The molecular formula is C19H11N5O2. The first-order valence-corrected chi connectivity index (χ1v) is 8.04. The van der Waals surface area contributed by atoms with Crippen LogP contribution in [0.3, 0.4) is 0 Å². The third-order valence-electron chi connectivity index (χ3n) is 4.49. The molecule has 124 valence electrons. The Morgan fingerprint density at radius 2 is 1.38 bits per heavy atom. The van der Waals surface area contributed by atoms with Crippen molar-refractivity contribution in [2.24, 2.45) is 9.98 Å². The topological polar surface area (TPSA) is 93.6 Å². The van der Waals surface area contributed by atoms with E-state index < -0.39 is 11.1 Å². The van der Waals surface area contributed by atoms with E-state index in [1.54, 1.807) is 30.6 Å². The molecule has 1 aliphatic rings. The Balaban J connectivity index is 1.89. The number of nitro benzene ring substituents is 1. The zero-order chi connectivity index (χ0) is 17.7. The van der Waals surface area contributed by atoms with Gasteiger partial charge < -0.3 is 0 Å². The van der Waals surface area contributed by atoms with Gasteiger partial charge >= 0.3 is 0 Å². The summed E-state index contributed by atoms with van der Waals surface area (Å²) in [7, 11) is 0. The fourth-order valence-electron chi connectivity index (χ4n) is 3.37. The summed E-state index contributed by atoms with van der Waals surface area (Å²) in [5, 5.41) is 14.5. The molecule has 0 spiro atoms. The maximum atomic E-state index is 11.4. The van der Waals surface area contributed by atoms with Crippen molar-refractivity contribution in [3.8, 4) is 0 Å². The van der Waals surface area contributed by atoms with Crippen molar-refractivity contribution >= 4 is 27.5 Å². The number of pyridine rings is 2. The normalized spacial score (nSPS) is 13.4. The lowest BCUT2D eigenvalue weighted by Crippen LogP contribution is -2.24. The molecule has 0 bridgehead atoms. The molecule has 0 saturated carbocycles. The van der Waals surface area contributed by atoms with Crippen LogP contribution in [0.2, 0.25) is 0 Å². The van der Waals surface area contributed by atoms with Crippen LogP contribution in [-0.2, 0) is 0 Å². The summed E-state index contributed by atoms with van der Waals surface area (Å²) >= 11 is 0. The molecule has 0 aliphatic carbocycles. The molecule has 0 radical (unpaired) electrons. The molecule has 2 aromatic carbocycles. The summed E-state index contributed by atoms with van der Waals surface area (Å²) in [6, 6.07) is 14.1. The average Bonchev–Trinajstić information content (AvgIpc) is 3.14. The molecule has 7 heteroatoms. The molecule has 1 aliphatic heterocycles. The number of rotatable bonds is 2. The zero-order valence-corrected chi connectivity index (χ0v) is 13.4. The minimum Gasteiger partial charge on any atom is -0.258 e. The Bertz CT molecular complexity index is 1260. The number of benzene rings is 2. The smallest absolute Gasteiger partial charge is 0.258 e. The maximum Gasteiger partial charge on any atom is 0.276 e. The van der Waals surface area contributed by atoms with Crippen molar-refractivity contribution in [1.29, 1.82) is 0 Å². The van der Waals surface area contributed by atoms with Gasteiger partial charge in [-0.3, -0.25) is 30.1 Å². The second kappa shape index (κ2) is 5.38. The van der Waals surface area contributed by atoms with E-state index in [0.717, 1.165) is 21.8 Å². The van der Waals surface area contributed by atoms with Crippen molar-refractivity contribution in [3.05, 3.63) is 87.3 Å². The van der Waals surface area contributed by atoms with Gasteiger partial charge in [-0.1, -0.05) is 12.1 Å². The van der Waals surface area contributed by atoms with E-state index in [0.29, 0.717) is 16.3 Å². The summed E-state index contributed by atoms with van der Waals surface area (Å²) in [6.07, 6.45) is 2.78. The molecule has 0 saturated heterocycles. The first-order chi connectivity index (χ1) is 12.7. The Hall–Kier alpha value is -3.74. The Labute approximate surface area is 146 Å². The van der Waals surface area contributed by atoms with Crippen LogP contribution in [-0.4, -0.2) is 14.9 Å². The molecule has 0 fully saturated rings. The minimum absolute atomic E-state index is 0.0164. The lowest BCUT2D eigenvalue weighted by Gasteiger charge is -2.04. The van der Waals surface area contributed by atoms with Crippen LogP contribution in [0.25, 0.3) is 21.8 Å². The van der Waals surface area contributed by atoms with Crippen LogP contribution in [0.15, 0.2) is 70.9 Å².